The van der Waals surface area contributed by atoms with Crippen LogP contribution in [0.4, 0.5) is 0 Å². The first-order valence-electron chi connectivity index (χ1n) is 7.97. The maximum absolute atomic E-state index is 13.1. The lowest BCUT2D eigenvalue weighted by Crippen LogP contribution is -2.31. The Morgan fingerprint density at radius 2 is 1.88 bits per heavy atom. The highest BCUT2D eigenvalue weighted by Crippen LogP contribution is 2.43. The van der Waals surface area contributed by atoms with Gasteiger partial charge in [-0.05, 0) is 29.8 Å². The highest BCUT2D eigenvalue weighted by Gasteiger charge is 2.35. The van der Waals surface area contributed by atoms with Crippen LogP contribution < -0.4 is 16.0 Å². The molecule has 0 aliphatic carbocycles. The van der Waals surface area contributed by atoms with Crippen molar-refractivity contribution in [2.45, 2.75) is 5.92 Å². The molecule has 1 aliphatic rings. The molecule has 0 radical (unpaired) electrons. The molecule has 1 atom stereocenters. The van der Waals surface area contributed by atoms with Crippen LogP contribution in [0.1, 0.15) is 17.0 Å². The van der Waals surface area contributed by atoms with Crippen molar-refractivity contribution in [2.24, 2.45) is 12.8 Å². The molecule has 5 nitrogen and oxygen atoms in total. The molecule has 0 saturated heterocycles. The maximum Gasteiger partial charge on any atom is 0.258 e. The average molecular weight is 408 g/mol. The summed E-state index contributed by atoms with van der Waals surface area (Å²) in [7, 11) is 1.72. The van der Waals surface area contributed by atoms with Crippen LogP contribution in [0.3, 0.4) is 0 Å². The van der Waals surface area contributed by atoms with Crippen LogP contribution in [0.2, 0.25) is 0 Å². The topological polar surface area (TPSA) is 81.0 Å². The molecule has 2 heterocycles. The number of benzene rings is 2. The lowest BCUT2D eigenvalue weighted by molar-refractivity contribution is 0.396. The van der Waals surface area contributed by atoms with Gasteiger partial charge in [0.1, 0.15) is 17.4 Å². The van der Waals surface area contributed by atoms with E-state index in [4.69, 9.17) is 10.5 Å². The van der Waals surface area contributed by atoms with E-state index in [1.807, 2.05) is 48.5 Å². The van der Waals surface area contributed by atoms with E-state index in [9.17, 15) is 10.1 Å². The fourth-order valence-electron chi connectivity index (χ4n) is 3.41. The fourth-order valence-corrected chi connectivity index (χ4v) is 3.68. The average Bonchev–Trinajstić information content (AvgIpc) is 2.66. The van der Waals surface area contributed by atoms with Crippen molar-refractivity contribution in [1.29, 1.82) is 5.26 Å². The normalized spacial score (nSPS) is 16.1. The van der Waals surface area contributed by atoms with Gasteiger partial charge in [0.15, 0.2) is 0 Å². The number of halogens is 1. The lowest BCUT2D eigenvalue weighted by atomic mass is 9.83. The van der Waals surface area contributed by atoms with Crippen molar-refractivity contribution in [3.8, 4) is 11.8 Å². The van der Waals surface area contributed by atoms with E-state index in [1.54, 1.807) is 11.6 Å². The molecule has 0 spiro atoms. The van der Waals surface area contributed by atoms with Crippen LogP contribution in [0.5, 0.6) is 5.75 Å². The SMILES string of the molecule is Cn1c(=O)c2c(c3ccccc31)OC(N)=C(C#N)C2c1ccc(Br)cc1. The Kier molecular flexibility index (Phi) is 3.82. The van der Waals surface area contributed by atoms with Crippen LogP contribution in [-0.2, 0) is 7.05 Å². The third-order valence-corrected chi connectivity index (χ3v) is 5.20. The molecule has 3 aromatic rings. The number of hydrogen-bond acceptors (Lipinski definition) is 4. The predicted octanol–water partition coefficient (Wildman–Crippen LogP) is 3.52. The molecule has 0 amide bonds. The molecule has 0 fully saturated rings. The molecule has 1 aliphatic heterocycles. The number of aryl methyl sites for hydroxylation is 1. The minimum absolute atomic E-state index is 0.0336. The van der Waals surface area contributed by atoms with Gasteiger partial charge in [-0.3, -0.25) is 4.79 Å². The Morgan fingerprint density at radius 1 is 1.19 bits per heavy atom. The van der Waals surface area contributed by atoms with Crippen molar-refractivity contribution in [1.82, 2.24) is 4.57 Å². The van der Waals surface area contributed by atoms with E-state index in [1.165, 1.54) is 0 Å². The molecule has 6 heteroatoms. The Morgan fingerprint density at radius 3 is 2.58 bits per heavy atom. The van der Waals surface area contributed by atoms with E-state index in [0.29, 0.717) is 11.3 Å². The molecular weight excluding hydrogens is 394 g/mol. The highest BCUT2D eigenvalue weighted by atomic mass is 79.9. The molecule has 0 bridgehead atoms. The Labute approximate surface area is 158 Å². The zero-order valence-electron chi connectivity index (χ0n) is 13.9. The number of para-hydroxylation sites is 1. The van der Waals surface area contributed by atoms with Crippen molar-refractivity contribution >= 4 is 26.8 Å². The van der Waals surface area contributed by atoms with Crippen molar-refractivity contribution in [2.75, 3.05) is 0 Å². The molecule has 1 unspecified atom stereocenters. The van der Waals surface area contributed by atoms with Gasteiger partial charge in [-0.2, -0.15) is 5.26 Å². The van der Waals surface area contributed by atoms with E-state index in [2.05, 4.69) is 22.0 Å². The number of nitrogens with zero attached hydrogens (tertiary/aromatic N) is 2. The molecule has 2 aromatic carbocycles. The van der Waals surface area contributed by atoms with Crippen molar-refractivity contribution < 1.29 is 4.74 Å². The predicted molar refractivity (Wildman–Crippen MR) is 103 cm³/mol. The maximum atomic E-state index is 13.1. The van der Waals surface area contributed by atoms with Gasteiger partial charge in [0.2, 0.25) is 5.88 Å². The summed E-state index contributed by atoms with van der Waals surface area (Å²) in [5.41, 5.74) is 8.09. The van der Waals surface area contributed by atoms with Gasteiger partial charge in [0, 0.05) is 16.9 Å². The molecule has 26 heavy (non-hydrogen) atoms. The minimum Gasteiger partial charge on any atom is -0.439 e. The molecule has 2 N–H and O–H groups in total. The second-order valence-corrected chi connectivity index (χ2v) is 7.02. The number of allylic oxidation sites excluding steroid dienone is 1. The van der Waals surface area contributed by atoms with E-state index < -0.39 is 5.92 Å². The van der Waals surface area contributed by atoms with Gasteiger partial charge >= 0.3 is 0 Å². The summed E-state index contributed by atoms with van der Waals surface area (Å²) in [6.45, 7) is 0. The first-order chi connectivity index (χ1) is 12.5. The summed E-state index contributed by atoms with van der Waals surface area (Å²) in [5, 5.41) is 10.4. The number of pyridine rings is 1. The summed E-state index contributed by atoms with van der Waals surface area (Å²) in [6, 6.07) is 17.1. The van der Waals surface area contributed by atoms with Crippen LogP contribution in [0.15, 0.2) is 69.3 Å². The zero-order valence-corrected chi connectivity index (χ0v) is 15.4. The van der Waals surface area contributed by atoms with Gasteiger partial charge < -0.3 is 15.0 Å². The smallest absolute Gasteiger partial charge is 0.258 e. The van der Waals surface area contributed by atoms with Crippen molar-refractivity contribution in [3.05, 3.63) is 85.9 Å². The van der Waals surface area contributed by atoms with Crippen LogP contribution in [0, 0.1) is 11.3 Å². The van der Waals surface area contributed by atoms with E-state index >= 15 is 0 Å². The molecule has 0 saturated carbocycles. The number of nitriles is 1. The van der Waals surface area contributed by atoms with Gasteiger partial charge in [0.25, 0.3) is 5.56 Å². The van der Waals surface area contributed by atoms with E-state index in [-0.39, 0.29) is 17.0 Å². The van der Waals surface area contributed by atoms with Crippen LogP contribution in [-0.4, -0.2) is 4.57 Å². The molecule has 4 rings (SSSR count). The largest absolute Gasteiger partial charge is 0.439 e. The molecule has 128 valence electrons. The number of fused-ring (bicyclic) bond motifs is 3. The van der Waals surface area contributed by atoms with Gasteiger partial charge in [-0.15, -0.1) is 0 Å². The Bertz CT molecular complexity index is 1170. The quantitative estimate of drug-likeness (QED) is 0.668. The van der Waals surface area contributed by atoms with Crippen LogP contribution >= 0.6 is 15.9 Å². The third kappa shape index (κ3) is 2.32. The first-order valence-corrected chi connectivity index (χ1v) is 8.77. The summed E-state index contributed by atoms with van der Waals surface area (Å²) in [5.74, 6) is -0.111. The standard InChI is InChI=1S/C20H14BrN3O2/c1-24-15-5-3-2-4-13(15)18-17(20(24)25)16(14(10-22)19(23)26-18)11-6-8-12(21)9-7-11/h2-9,16H,23H2,1H3. The fraction of sp³-hybridized carbons (Fsp3) is 0.100. The van der Waals surface area contributed by atoms with E-state index in [0.717, 1.165) is 20.9 Å². The molecular formula is C20H14BrN3O2. The Hall–Kier alpha value is -3.04. The second kappa shape index (κ2) is 6.04. The zero-order chi connectivity index (χ0) is 18.4. The monoisotopic (exact) mass is 407 g/mol. The first kappa shape index (κ1) is 16.4. The Balaban J connectivity index is 2.12. The number of hydrogen-bond donors (Lipinski definition) is 1. The van der Waals surface area contributed by atoms with Gasteiger partial charge in [-0.25, -0.2) is 0 Å². The van der Waals surface area contributed by atoms with Crippen molar-refractivity contribution in [3.63, 3.8) is 0 Å². The number of nitrogens with two attached hydrogens (primary N) is 1. The van der Waals surface area contributed by atoms with Gasteiger partial charge in [-0.1, -0.05) is 40.2 Å². The lowest BCUT2D eigenvalue weighted by Gasteiger charge is -2.27. The number of rotatable bonds is 1. The minimum atomic E-state index is -0.569. The summed E-state index contributed by atoms with van der Waals surface area (Å²) < 4.78 is 8.27. The van der Waals surface area contributed by atoms with Gasteiger partial charge in [0.05, 0.1) is 17.0 Å². The number of ether oxygens (including phenoxy) is 1. The highest BCUT2D eigenvalue weighted by molar-refractivity contribution is 9.10. The summed E-state index contributed by atoms with van der Waals surface area (Å²) >= 11 is 3.41. The second-order valence-electron chi connectivity index (χ2n) is 6.10. The molecule has 1 aromatic heterocycles. The summed E-state index contributed by atoms with van der Waals surface area (Å²) in [4.78, 5) is 13.1. The number of aromatic nitrogens is 1. The third-order valence-electron chi connectivity index (χ3n) is 4.67. The summed E-state index contributed by atoms with van der Waals surface area (Å²) in [6.07, 6.45) is 0. The van der Waals surface area contributed by atoms with Crippen LogP contribution in [0.25, 0.3) is 10.9 Å².